The highest BCUT2D eigenvalue weighted by molar-refractivity contribution is 4.72. The molecule has 0 aliphatic heterocycles. The van der Waals surface area contributed by atoms with Crippen molar-refractivity contribution in [3.8, 4) is 0 Å². The molecular weight excluding hydrogens is 235 g/mol. The lowest BCUT2D eigenvalue weighted by Gasteiger charge is -2.24. The van der Waals surface area contributed by atoms with Gasteiger partial charge in [-0.25, -0.2) is 0 Å². The summed E-state index contributed by atoms with van der Waals surface area (Å²) in [6.45, 7) is 2.72. The highest BCUT2D eigenvalue weighted by Crippen LogP contribution is 2.17. The van der Waals surface area contributed by atoms with Gasteiger partial charge in [0.2, 0.25) is 0 Å². The molecule has 104 valence electrons. The first-order chi connectivity index (χ1) is 7.66. The van der Waals surface area contributed by atoms with Gasteiger partial charge in [0.25, 0.3) is 0 Å². The molecule has 3 nitrogen and oxygen atoms in total. The van der Waals surface area contributed by atoms with Gasteiger partial charge in [0, 0.05) is 19.8 Å². The maximum absolute atomic E-state index is 11.8. The van der Waals surface area contributed by atoms with Crippen LogP contribution >= 0.6 is 0 Å². The topological polar surface area (TPSA) is 44.5 Å². The quantitative estimate of drug-likeness (QED) is 0.679. The fraction of sp³-hybridized carbons (Fsp3) is 1.00. The first-order valence-corrected chi connectivity index (χ1v) is 5.61. The Hall–Kier alpha value is -0.330. The molecule has 0 bridgehead atoms. The molecular formula is C11H22F3NO2. The summed E-state index contributed by atoms with van der Waals surface area (Å²) in [5.41, 5.74) is 5.52. The van der Waals surface area contributed by atoms with Crippen LogP contribution in [0.5, 0.6) is 0 Å². The molecule has 0 fully saturated rings. The molecule has 0 rings (SSSR count). The summed E-state index contributed by atoms with van der Waals surface area (Å²) in [6.07, 6.45) is -2.36. The fourth-order valence-electron chi connectivity index (χ4n) is 1.20. The minimum Gasteiger partial charge on any atom is -0.379 e. The molecule has 1 atom stereocenters. The molecule has 0 saturated carbocycles. The Morgan fingerprint density at radius 2 is 1.76 bits per heavy atom. The summed E-state index contributed by atoms with van der Waals surface area (Å²) >= 11 is 0. The Balaban J connectivity index is 3.57. The lowest BCUT2D eigenvalue weighted by Crippen LogP contribution is -2.29. The van der Waals surface area contributed by atoms with Gasteiger partial charge in [0.15, 0.2) is 0 Å². The van der Waals surface area contributed by atoms with Gasteiger partial charge >= 0.3 is 6.18 Å². The average molecular weight is 257 g/mol. The number of halogens is 3. The molecule has 0 aromatic heterocycles. The minimum atomic E-state index is -4.26. The first kappa shape index (κ1) is 16.7. The fourth-order valence-corrected chi connectivity index (χ4v) is 1.20. The molecule has 2 N–H and O–H groups in total. The maximum atomic E-state index is 11.8. The standard InChI is InChI=1S/C11H22F3NO2/c1-10(2,16-3)6-4-9(15)5-7-17-8-11(12,13)14/h9H,4-8,15H2,1-3H3. The van der Waals surface area contributed by atoms with Gasteiger partial charge in [-0.3, -0.25) is 0 Å². The van der Waals surface area contributed by atoms with Crippen molar-refractivity contribution in [2.75, 3.05) is 20.3 Å². The Morgan fingerprint density at radius 1 is 1.18 bits per heavy atom. The molecule has 0 saturated heterocycles. The van der Waals surface area contributed by atoms with Crippen molar-refractivity contribution in [1.29, 1.82) is 0 Å². The van der Waals surface area contributed by atoms with Crippen molar-refractivity contribution in [3.05, 3.63) is 0 Å². The zero-order valence-electron chi connectivity index (χ0n) is 10.6. The van der Waals surface area contributed by atoms with Crippen molar-refractivity contribution in [1.82, 2.24) is 0 Å². The van der Waals surface area contributed by atoms with E-state index in [-0.39, 0.29) is 18.2 Å². The van der Waals surface area contributed by atoms with Gasteiger partial charge in [-0.2, -0.15) is 13.2 Å². The summed E-state index contributed by atoms with van der Waals surface area (Å²) in [7, 11) is 1.62. The Bertz CT molecular complexity index is 207. The van der Waals surface area contributed by atoms with E-state index in [0.717, 1.165) is 6.42 Å². The van der Waals surface area contributed by atoms with Gasteiger partial charge < -0.3 is 15.2 Å². The van der Waals surface area contributed by atoms with E-state index in [2.05, 4.69) is 4.74 Å². The van der Waals surface area contributed by atoms with Crippen LogP contribution in [0.15, 0.2) is 0 Å². The van der Waals surface area contributed by atoms with Crippen molar-refractivity contribution >= 4 is 0 Å². The molecule has 0 spiro atoms. The summed E-state index contributed by atoms with van der Waals surface area (Å²) in [6, 6.07) is -0.155. The van der Waals surface area contributed by atoms with Crippen molar-refractivity contribution in [2.45, 2.75) is 50.9 Å². The molecule has 0 aromatic carbocycles. The molecule has 0 aliphatic carbocycles. The Labute approximate surface area is 100 Å². The molecule has 17 heavy (non-hydrogen) atoms. The van der Waals surface area contributed by atoms with Crippen molar-refractivity contribution < 1.29 is 22.6 Å². The third kappa shape index (κ3) is 10.5. The van der Waals surface area contributed by atoms with E-state index in [0.29, 0.717) is 12.8 Å². The second kappa shape index (κ2) is 7.18. The van der Waals surface area contributed by atoms with E-state index < -0.39 is 12.8 Å². The average Bonchev–Trinajstić information content (AvgIpc) is 2.20. The van der Waals surface area contributed by atoms with Gasteiger partial charge in [-0.05, 0) is 33.1 Å². The normalized spacial score (nSPS) is 15.0. The number of ether oxygens (including phenoxy) is 2. The van der Waals surface area contributed by atoms with E-state index in [1.165, 1.54) is 0 Å². The summed E-state index contributed by atoms with van der Waals surface area (Å²) < 4.78 is 45.0. The highest BCUT2D eigenvalue weighted by Gasteiger charge is 2.27. The zero-order valence-corrected chi connectivity index (χ0v) is 10.6. The summed E-state index contributed by atoms with van der Waals surface area (Å²) in [4.78, 5) is 0. The van der Waals surface area contributed by atoms with Crippen LogP contribution in [-0.4, -0.2) is 38.1 Å². The molecule has 0 aromatic rings. The molecule has 0 amide bonds. The van der Waals surface area contributed by atoms with Crippen LogP contribution in [0.1, 0.15) is 33.1 Å². The van der Waals surface area contributed by atoms with E-state index in [9.17, 15) is 13.2 Å². The second-order valence-corrected chi connectivity index (χ2v) is 4.72. The molecule has 1 unspecified atom stereocenters. The van der Waals surface area contributed by atoms with Gasteiger partial charge in [0.1, 0.15) is 6.61 Å². The lowest BCUT2D eigenvalue weighted by molar-refractivity contribution is -0.174. The number of alkyl halides is 3. The SMILES string of the molecule is COC(C)(C)CCC(N)CCOCC(F)(F)F. The van der Waals surface area contributed by atoms with Crippen LogP contribution in [-0.2, 0) is 9.47 Å². The van der Waals surface area contributed by atoms with Crippen LogP contribution in [0.25, 0.3) is 0 Å². The largest absolute Gasteiger partial charge is 0.411 e. The van der Waals surface area contributed by atoms with Crippen molar-refractivity contribution in [3.63, 3.8) is 0 Å². The number of rotatable bonds is 8. The summed E-state index contributed by atoms with van der Waals surface area (Å²) in [5.74, 6) is 0. The molecule has 0 heterocycles. The monoisotopic (exact) mass is 257 g/mol. The molecule has 0 aliphatic rings. The van der Waals surface area contributed by atoms with Crippen LogP contribution in [0.4, 0.5) is 13.2 Å². The highest BCUT2D eigenvalue weighted by atomic mass is 19.4. The molecule has 6 heteroatoms. The first-order valence-electron chi connectivity index (χ1n) is 5.61. The van der Waals surface area contributed by atoms with Gasteiger partial charge in [-0.1, -0.05) is 0 Å². The Morgan fingerprint density at radius 3 is 2.24 bits per heavy atom. The number of hydrogen-bond acceptors (Lipinski definition) is 3. The molecule has 0 radical (unpaired) electrons. The third-order valence-electron chi connectivity index (χ3n) is 2.57. The second-order valence-electron chi connectivity index (χ2n) is 4.72. The number of hydrogen-bond donors (Lipinski definition) is 1. The number of methoxy groups -OCH3 is 1. The van der Waals surface area contributed by atoms with Gasteiger partial charge in [0.05, 0.1) is 5.60 Å². The van der Waals surface area contributed by atoms with Crippen LogP contribution in [0.3, 0.4) is 0 Å². The van der Waals surface area contributed by atoms with Gasteiger partial charge in [-0.15, -0.1) is 0 Å². The lowest BCUT2D eigenvalue weighted by atomic mass is 9.98. The van der Waals surface area contributed by atoms with E-state index in [1.54, 1.807) is 7.11 Å². The van der Waals surface area contributed by atoms with Crippen molar-refractivity contribution in [2.24, 2.45) is 5.73 Å². The number of nitrogens with two attached hydrogens (primary N) is 1. The maximum Gasteiger partial charge on any atom is 0.411 e. The summed E-state index contributed by atoms with van der Waals surface area (Å²) in [5, 5.41) is 0. The smallest absolute Gasteiger partial charge is 0.379 e. The van der Waals surface area contributed by atoms with Crippen LogP contribution in [0.2, 0.25) is 0 Å². The van der Waals surface area contributed by atoms with E-state index in [1.807, 2.05) is 13.8 Å². The van der Waals surface area contributed by atoms with E-state index >= 15 is 0 Å². The van der Waals surface area contributed by atoms with E-state index in [4.69, 9.17) is 10.5 Å². The predicted octanol–water partition coefficient (Wildman–Crippen LogP) is 2.49. The van der Waals surface area contributed by atoms with Crippen LogP contribution in [0, 0.1) is 0 Å². The Kier molecular flexibility index (Phi) is 7.04. The zero-order chi connectivity index (χ0) is 13.5. The third-order valence-corrected chi connectivity index (χ3v) is 2.57. The van der Waals surface area contributed by atoms with Crippen LogP contribution < -0.4 is 5.73 Å². The predicted molar refractivity (Wildman–Crippen MR) is 59.8 cm³/mol. The minimum absolute atomic E-state index is 0.0358.